The first-order valence-corrected chi connectivity index (χ1v) is 6.40. The zero-order valence-corrected chi connectivity index (χ0v) is 10.8. The van der Waals surface area contributed by atoms with Crippen LogP contribution in [0.2, 0.25) is 0 Å². The van der Waals surface area contributed by atoms with E-state index < -0.39 is 0 Å². The Morgan fingerprint density at radius 2 is 2.18 bits per heavy atom. The van der Waals surface area contributed by atoms with Crippen molar-refractivity contribution in [3.05, 3.63) is 0 Å². The van der Waals surface area contributed by atoms with Crippen LogP contribution < -0.4 is 10.6 Å². The summed E-state index contributed by atoms with van der Waals surface area (Å²) in [6.07, 6.45) is 7.22. The Hall–Kier alpha value is -1.05. The fourth-order valence-corrected chi connectivity index (χ4v) is 2.01. The van der Waals surface area contributed by atoms with Crippen LogP contribution in [0.4, 0.5) is 0 Å². The van der Waals surface area contributed by atoms with Gasteiger partial charge in [0.2, 0.25) is 5.91 Å². The molecule has 0 aromatic heterocycles. The Balaban J connectivity index is 2.42. The molecule has 1 heterocycles. The second-order valence-corrected chi connectivity index (χ2v) is 4.48. The molecule has 0 aliphatic carbocycles. The van der Waals surface area contributed by atoms with Crippen LogP contribution in [0.25, 0.3) is 0 Å². The molecular formula is C13H23N3O. The lowest BCUT2D eigenvalue weighted by atomic mass is 10.1. The SMILES string of the molecule is C#CC(CCC)NC(=O)C(C)N1CCNCC1. The average molecular weight is 237 g/mol. The monoisotopic (exact) mass is 237 g/mol. The zero-order valence-electron chi connectivity index (χ0n) is 10.8. The lowest BCUT2D eigenvalue weighted by molar-refractivity contribution is -0.126. The predicted octanol–water partition coefficient (Wildman–Crippen LogP) is 0.198. The van der Waals surface area contributed by atoms with E-state index in [2.05, 4.69) is 28.4 Å². The molecule has 0 bridgehead atoms. The standard InChI is InChI=1S/C13H23N3O/c1-4-6-12(5-2)15-13(17)11(3)16-9-7-14-8-10-16/h2,11-12,14H,4,6-10H2,1,3H3,(H,15,17). The molecule has 2 atom stereocenters. The van der Waals surface area contributed by atoms with Crippen LogP contribution in [0, 0.1) is 12.3 Å². The quantitative estimate of drug-likeness (QED) is 0.671. The summed E-state index contributed by atoms with van der Waals surface area (Å²) in [5, 5.41) is 6.20. The van der Waals surface area contributed by atoms with E-state index in [1.807, 2.05) is 6.92 Å². The van der Waals surface area contributed by atoms with Crippen LogP contribution >= 0.6 is 0 Å². The first-order chi connectivity index (χ1) is 8.19. The van der Waals surface area contributed by atoms with Crippen molar-refractivity contribution in [3.8, 4) is 12.3 Å². The van der Waals surface area contributed by atoms with Crippen LogP contribution in [0.5, 0.6) is 0 Å². The Kier molecular flexibility index (Phi) is 6.03. The topological polar surface area (TPSA) is 44.4 Å². The van der Waals surface area contributed by atoms with Gasteiger partial charge in [-0.05, 0) is 13.3 Å². The van der Waals surface area contributed by atoms with Crippen molar-refractivity contribution >= 4 is 5.91 Å². The van der Waals surface area contributed by atoms with Gasteiger partial charge in [-0.2, -0.15) is 0 Å². The molecule has 2 unspecified atom stereocenters. The molecule has 1 aliphatic heterocycles. The third kappa shape index (κ3) is 4.37. The Morgan fingerprint density at radius 3 is 2.71 bits per heavy atom. The fourth-order valence-electron chi connectivity index (χ4n) is 2.01. The van der Waals surface area contributed by atoms with Crippen LogP contribution in [-0.4, -0.2) is 49.1 Å². The molecule has 2 N–H and O–H groups in total. The molecule has 1 rings (SSSR count). The number of piperazine rings is 1. The smallest absolute Gasteiger partial charge is 0.238 e. The van der Waals surface area contributed by atoms with Gasteiger partial charge in [-0.1, -0.05) is 19.3 Å². The highest BCUT2D eigenvalue weighted by atomic mass is 16.2. The molecular weight excluding hydrogens is 214 g/mol. The van der Waals surface area contributed by atoms with Gasteiger partial charge < -0.3 is 10.6 Å². The number of hydrogen-bond donors (Lipinski definition) is 2. The maximum atomic E-state index is 12.0. The van der Waals surface area contributed by atoms with Gasteiger partial charge in [0, 0.05) is 26.2 Å². The van der Waals surface area contributed by atoms with Crippen molar-refractivity contribution in [2.45, 2.75) is 38.8 Å². The van der Waals surface area contributed by atoms with Gasteiger partial charge in [0.1, 0.15) is 0 Å². The highest BCUT2D eigenvalue weighted by Gasteiger charge is 2.23. The molecule has 0 aromatic carbocycles. The molecule has 1 saturated heterocycles. The summed E-state index contributed by atoms with van der Waals surface area (Å²) < 4.78 is 0. The number of nitrogens with zero attached hydrogens (tertiary/aromatic N) is 1. The molecule has 1 aliphatic rings. The van der Waals surface area contributed by atoms with Crippen molar-refractivity contribution in [1.29, 1.82) is 0 Å². The molecule has 1 fully saturated rings. The van der Waals surface area contributed by atoms with Crippen molar-refractivity contribution in [2.24, 2.45) is 0 Å². The van der Waals surface area contributed by atoms with Crippen molar-refractivity contribution in [1.82, 2.24) is 15.5 Å². The Morgan fingerprint density at radius 1 is 1.53 bits per heavy atom. The third-order valence-corrected chi connectivity index (χ3v) is 3.17. The fraction of sp³-hybridized carbons (Fsp3) is 0.769. The number of rotatable bonds is 5. The van der Waals surface area contributed by atoms with E-state index in [9.17, 15) is 4.79 Å². The second kappa shape index (κ2) is 7.31. The van der Waals surface area contributed by atoms with Crippen LogP contribution in [0.1, 0.15) is 26.7 Å². The van der Waals surface area contributed by atoms with E-state index in [1.165, 1.54) is 0 Å². The van der Waals surface area contributed by atoms with E-state index in [0.717, 1.165) is 39.0 Å². The predicted molar refractivity (Wildman–Crippen MR) is 69.6 cm³/mol. The number of amides is 1. The second-order valence-electron chi connectivity index (χ2n) is 4.48. The molecule has 96 valence electrons. The van der Waals surface area contributed by atoms with Crippen molar-refractivity contribution in [2.75, 3.05) is 26.2 Å². The molecule has 4 heteroatoms. The molecule has 1 amide bonds. The maximum Gasteiger partial charge on any atom is 0.238 e. The summed E-state index contributed by atoms with van der Waals surface area (Å²) in [4.78, 5) is 14.2. The average Bonchev–Trinajstić information content (AvgIpc) is 2.38. The Bertz CT molecular complexity index is 279. The van der Waals surface area contributed by atoms with E-state index in [1.54, 1.807) is 0 Å². The number of carbonyl (C=O) groups excluding carboxylic acids is 1. The highest BCUT2D eigenvalue weighted by molar-refractivity contribution is 5.81. The number of carbonyl (C=O) groups is 1. The molecule has 0 saturated carbocycles. The lowest BCUT2D eigenvalue weighted by Gasteiger charge is -2.32. The zero-order chi connectivity index (χ0) is 12.7. The normalized spacial score (nSPS) is 20.3. The molecule has 4 nitrogen and oxygen atoms in total. The van der Waals surface area contributed by atoms with Gasteiger partial charge in [0.25, 0.3) is 0 Å². The van der Waals surface area contributed by atoms with Crippen molar-refractivity contribution < 1.29 is 4.79 Å². The summed E-state index contributed by atoms with van der Waals surface area (Å²) in [6.45, 7) is 7.75. The summed E-state index contributed by atoms with van der Waals surface area (Å²) in [5.74, 6) is 2.67. The number of nitrogens with one attached hydrogen (secondary N) is 2. The molecule has 0 spiro atoms. The van der Waals surface area contributed by atoms with E-state index in [0.29, 0.717) is 0 Å². The van der Waals surface area contributed by atoms with Crippen LogP contribution in [0.3, 0.4) is 0 Å². The van der Waals surface area contributed by atoms with Gasteiger partial charge >= 0.3 is 0 Å². The highest BCUT2D eigenvalue weighted by Crippen LogP contribution is 2.03. The Labute approximate surface area is 104 Å². The minimum atomic E-state index is -0.127. The van der Waals surface area contributed by atoms with Gasteiger partial charge in [-0.3, -0.25) is 9.69 Å². The van der Waals surface area contributed by atoms with E-state index in [4.69, 9.17) is 6.42 Å². The minimum Gasteiger partial charge on any atom is -0.341 e. The summed E-state index contributed by atoms with van der Waals surface area (Å²) in [5.41, 5.74) is 0. The van der Waals surface area contributed by atoms with Crippen LogP contribution in [0.15, 0.2) is 0 Å². The van der Waals surface area contributed by atoms with Crippen LogP contribution in [-0.2, 0) is 4.79 Å². The largest absolute Gasteiger partial charge is 0.341 e. The summed E-state index contributed by atoms with van der Waals surface area (Å²) in [7, 11) is 0. The number of hydrogen-bond acceptors (Lipinski definition) is 3. The summed E-state index contributed by atoms with van der Waals surface area (Å²) >= 11 is 0. The van der Waals surface area contributed by atoms with E-state index >= 15 is 0 Å². The van der Waals surface area contributed by atoms with Gasteiger partial charge in [0.05, 0.1) is 12.1 Å². The summed E-state index contributed by atoms with van der Waals surface area (Å²) in [6, 6.07) is -0.220. The van der Waals surface area contributed by atoms with Gasteiger partial charge in [0.15, 0.2) is 0 Å². The first kappa shape index (κ1) is 14.0. The van der Waals surface area contributed by atoms with Crippen molar-refractivity contribution in [3.63, 3.8) is 0 Å². The van der Waals surface area contributed by atoms with Gasteiger partial charge in [-0.25, -0.2) is 0 Å². The molecule has 0 radical (unpaired) electrons. The minimum absolute atomic E-state index is 0.0447. The molecule has 0 aromatic rings. The number of terminal acetylenes is 1. The lowest BCUT2D eigenvalue weighted by Crippen LogP contribution is -2.53. The van der Waals surface area contributed by atoms with E-state index in [-0.39, 0.29) is 18.0 Å². The third-order valence-electron chi connectivity index (χ3n) is 3.17. The van der Waals surface area contributed by atoms with Gasteiger partial charge in [-0.15, -0.1) is 6.42 Å². The molecule has 17 heavy (non-hydrogen) atoms. The maximum absolute atomic E-state index is 12.0. The first-order valence-electron chi connectivity index (χ1n) is 6.40.